The first-order chi connectivity index (χ1) is 17.0. The summed E-state index contributed by atoms with van der Waals surface area (Å²) < 4.78 is 1.39. The highest BCUT2D eigenvalue weighted by molar-refractivity contribution is 7.17. The van der Waals surface area contributed by atoms with Gasteiger partial charge in [0.1, 0.15) is 11.4 Å². The molecular formula is C29H25N3O2S. The third-order valence-corrected chi connectivity index (χ3v) is 7.07. The van der Waals surface area contributed by atoms with Crippen molar-refractivity contribution in [3.63, 3.8) is 0 Å². The first-order valence-electron chi connectivity index (χ1n) is 11.6. The Morgan fingerprint density at radius 2 is 1.66 bits per heavy atom. The van der Waals surface area contributed by atoms with Crippen LogP contribution >= 0.6 is 11.3 Å². The van der Waals surface area contributed by atoms with Gasteiger partial charge in [-0.3, -0.25) is 14.2 Å². The molecule has 0 aliphatic rings. The van der Waals surface area contributed by atoms with E-state index in [1.165, 1.54) is 22.2 Å². The number of thiophene rings is 1. The number of aromatic nitrogens is 2. The third kappa shape index (κ3) is 4.53. The summed E-state index contributed by atoms with van der Waals surface area (Å²) in [6, 6.07) is 24.3. The second kappa shape index (κ2) is 9.68. The molecule has 0 radical (unpaired) electrons. The van der Waals surface area contributed by atoms with Crippen LogP contribution in [0.4, 0.5) is 5.69 Å². The van der Waals surface area contributed by atoms with E-state index in [4.69, 9.17) is 0 Å². The van der Waals surface area contributed by atoms with Gasteiger partial charge < -0.3 is 5.32 Å². The van der Waals surface area contributed by atoms with E-state index in [0.29, 0.717) is 10.2 Å². The molecular weight excluding hydrogens is 454 g/mol. The Balaban J connectivity index is 1.44. The summed E-state index contributed by atoms with van der Waals surface area (Å²) in [4.78, 5) is 31.4. The van der Waals surface area contributed by atoms with Gasteiger partial charge in [0.2, 0.25) is 5.91 Å². The number of aryl methyl sites for hydroxylation is 2. The van der Waals surface area contributed by atoms with Crippen molar-refractivity contribution in [1.82, 2.24) is 9.55 Å². The number of carbonyl (C=O) groups is 1. The molecule has 1 amide bonds. The predicted octanol–water partition coefficient (Wildman–Crippen LogP) is 6.30. The molecule has 3 aromatic carbocycles. The van der Waals surface area contributed by atoms with Gasteiger partial charge in [-0.15, -0.1) is 11.3 Å². The lowest BCUT2D eigenvalue weighted by atomic mass is 10.0. The molecule has 0 aliphatic heterocycles. The number of anilines is 1. The Labute approximate surface area is 207 Å². The van der Waals surface area contributed by atoms with Crippen LogP contribution in [0, 0.1) is 6.92 Å². The minimum atomic E-state index is -0.249. The Bertz CT molecular complexity index is 1570. The largest absolute Gasteiger partial charge is 0.324 e. The fourth-order valence-electron chi connectivity index (χ4n) is 4.30. The Morgan fingerprint density at radius 3 is 2.40 bits per heavy atom. The van der Waals surface area contributed by atoms with Crippen LogP contribution in [-0.2, 0) is 17.8 Å². The lowest BCUT2D eigenvalue weighted by molar-refractivity contribution is -0.116. The molecule has 0 atom stereocenters. The molecule has 1 N–H and O–H groups in total. The van der Waals surface area contributed by atoms with E-state index < -0.39 is 0 Å². The maximum Gasteiger partial charge on any atom is 0.263 e. The number of fused-ring (bicyclic) bond motifs is 1. The van der Waals surface area contributed by atoms with Crippen LogP contribution in [0.15, 0.2) is 89.3 Å². The standard InChI is InChI=1S/C29H25N3O2S/c1-3-20-11-7-8-19(2)27(20)31-25(33)16-32-18-30-28-26(29(32)34)24(17-35-28)23-14-12-22(13-15-23)21-9-5-4-6-10-21/h4-15,17-18H,3,16H2,1-2H3,(H,31,33). The number of rotatable bonds is 6. The average molecular weight is 480 g/mol. The van der Waals surface area contributed by atoms with E-state index >= 15 is 0 Å². The lowest BCUT2D eigenvalue weighted by Crippen LogP contribution is -2.28. The summed E-state index contributed by atoms with van der Waals surface area (Å²) >= 11 is 1.44. The highest BCUT2D eigenvalue weighted by Crippen LogP contribution is 2.32. The number of carbonyl (C=O) groups excluding carboxylic acids is 1. The summed E-state index contributed by atoms with van der Waals surface area (Å²) in [6.45, 7) is 3.92. The van der Waals surface area contributed by atoms with Crippen LogP contribution in [0.2, 0.25) is 0 Å². The third-order valence-electron chi connectivity index (χ3n) is 6.18. The highest BCUT2D eigenvalue weighted by atomic mass is 32.1. The minimum Gasteiger partial charge on any atom is -0.324 e. The van der Waals surface area contributed by atoms with Gasteiger partial charge in [-0.1, -0.05) is 79.7 Å². The van der Waals surface area contributed by atoms with Crippen molar-refractivity contribution in [2.75, 3.05) is 5.32 Å². The lowest BCUT2D eigenvalue weighted by Gasteiger charge is -2.13. The molecule has 0 bridgehead atoms. The molecule has 5 aromatic rings. The maximum atomic E-state index is 13.4. The summed E-state index contributed by atoms with van der Waals surface area (Å²) in [6.07, 6.45) is 2.27. The fourth-order valence-corrected chi connectivity index (χ4v) is 5.21. The number of para-hydroxylation sites is 1. The van der Waals surface area contributed by atoms with Gasteiger partial charge in [0.15, 0.2) is 0 Å². The summed E-state index contributed by atoms with van der Waals surface area (Å²) in [5.74, 6) is -0.249. The van der Waals surface area contributed by atoms with Crippen LogP contribution in [0.5, 0.6) is 0 Å². The van der Waals surface area contributed by atoms with Gasteiger partial charge in [0.05, 0.1) is 11.7 Å². The van der Waals surface area contributed by atoms with Crippen molar-refractivity contribution in [2.45, 2.75) is 26.8 Å². The van der Waals surface area contributed by atoms with Crippen LogP contribution in [0.3, 0.4) is 0 Å². The van der Waals surface area contributed by atoms with Crippen molar-refractivity contribution in [3.8, 4) is 22.3 Å². The molecule has 6 heteroatoms. The fraction of sp³-hybridized carbons (Fsp3) is 0.138. The topological polar surface area (TPSA) is 64.0 Å². The normalized spacial score (nSPS) is 11.0. The van der Waals surface area contributed by atoms with Crippen LogP contribution in [0.1, 0.15) is 18.1 Å². The zero-order valence-corrected chi connectivity index (χ0v) is 20.4. The van der Waals surface area contributed by atoms with E-state index in [1.807, 2.05) is 60.8 Å². The van der Waals surface area contributed by atoms with E-state index in [-0.39, 0.29) is 18.0 Å². The van der Waals surface area contributed by atoms with Crippen molar-refractivity contribution < 1.29 is 4.79 Å². The first kappa shape index (κ1) is 22.7. The number of amides is 1. The molecule has 0 unspecified atom stereocenters. The molecule has 5 rings (SSSR count). The molecule has 0 saturated carbocycles. The number of hydrogen-bond acceptors (Lipinski definition) is 4. The Morgan fingerprint density at radius 1 is 0.943 bits per heavy atom. The van der Waals surface area contributed by atoms with Gasteiger partial charge in [-0.2, -0.15) is 0 Å². The quantitative estimate of drug-likeness (QED) is 0.311. The first-order valence-corrected chi connectivity index (χ1v) is 12.4. The van der Waals surface area contributed by atoms with E-state index in [2.05, 4.69) is 41.5 Å². The number of nitrogens with one attached hydrogen (secondary N) is 1. The zero-order valence-electron chi connectivity index (χ0n) is 19.6. The molecule has 2 aromatic heterocycles. The number of nitrogens with zero attached hydrogens (tertiary/aromatic N) is 2. The van der Waals surface area contributed by atoms with Gasteiger partial charge in [0.25, 0.3) is 5.56 Å². The van der Waals surface area contributed by atoms with Crippen molar-refractivity contribution in [1.29, 1.82) is 0 Å². The number of benzene rings is 3. The van der Waals surface area contributed by atoms with Crippen molar-refractivity contribution >= 4 is 33.1 Å². The van der Waals surface area contributed by atoms with Crippen LogP contribution in [0.25, 0.3) is 32.5 Å². The van der Waals surface area contributed by atoms with Gasteiger partial charge in [-0.25, -0.2) is 4.98 Å². The summed E-state index contributed by atoms with van der Waals surface area (Å²) in [7, 11) is 0. The zero-order chi connectivity index (χ0) is 24.4. The van der Waals surface area contributed by atoms with Crippen LogP contribution < -0.4 is 10.9 Å². The summed E-state index contributed by atoms with van der Waals surface area (Å²) in [5, 5.41) is 5.50. The molecule has 35 heavy (non-hydrogen) atoms. The smallest absolute Gasteiger partial charge is 0.263 e. The van der Waals surface area contributed by atoms with Gasteiger partial charge >= 0.3 is 0 Å². The van der Waals surface area contributed by atoms with Gasteiger partial charge in [0, 0.05) is 16.6 Å². The Hall–Kier alpha value is -4.03. The molecule has 2 heterocycles. The highest BCUT2D eigenvalue weighted by Gasteiger charge is 2.16. The van der Waals surface area contributed by atoms with Gasteiger partial charge in [-0.05, 0) is 41.2 Å². The second-order valence-corrected chi connectivity index (χ2v) is 9.32. The number of hydrogen-bond donors (Lipinski definition) is 1. The molecule has 0 saturated heterocycles. The van der Waals surface area contributed by atoms with E-state index in [9.17, 15) is 9.59 Å². The Kier molecular flexibility index (Phi) is 6.29. The SMILES string of the molecule is CCc1cccc(C)c1NC(=O)Cn1cnc2scc(-c3ccc(-c4ccccc4)cc3)c2c1=O. The van der Waals surface area contributed by atoms with Crippen LogP contribution in [-0.4, -0.2) is 15.5 Å². The minimum absolute atomic E-state index is 0.0957. The molecule has 174 valence electrons. The predicted molar refractivity (Wildman–Crippen MR) is 144 cm³/mol. The van der Waals surface area contributed by atoms with Crippen molar-refractivity contribution in [2.24, 2.45) is 0 Å². The summed E-state index contributed by atoms with van der Waals surface area (Å²) in [5.41, 5.74) is 6.71. The maximum absolute atomic E-state index is 13.4. The molecule has 5 nitrogen and oxygen atoms in total. The monoisotopic (exact) mass is 479 g/mol. The van der Waals surface area contributed by atoms with E-state index in [0.717, 1.165) is 45.5 Å². The van der Waals surface area contributed by atoms with E-state index in [1.54, 1.807) is 0 Å². The molecule has 0 aliphatic carbocycles. The average Bonchev–Trinajstić information content (AvgIpc) is 3.32. The second-order valence-electron chi connectivity index (χ2n) is 8.46. The molecule has 0 spiro atoms. The van der Waals surface area contributed by atoms with Crippen molar-refractivity contribution in [3.05, 3.63) is 106 Å². The molecule has 0 fully saturated rings.